The fraction of sp³-hybridized carbons (Fsp3) is 0.333. The molecule has 0 atom stereocenters. The quantitative estimate of drug-likeness (QED) is 0.785. The molecule has 88 valence electrons. The summed E-state index contributed by atoms with van der Waals surface area (Å²) in [5.74, 6) is -2.78. The molecule has 1 fully saturated rings. The van der Waals surface area contributed by atoms with Gasteiger partial charge in [-0.3, -0.25) is 4.79 Å². The summed E-state index contributed by atoms with van der Waals surface area (Å²) in [4.78, 5) is 10.7. The van der Waals surface area contributed by atoms with Gasteiger partial charge in [0.15, 0.2) is 0 Å². The van der Waals surface area contributed by atoms with E-state index in [2.05, 4.69) is 15.9 Å². The first-order valence-electron chi connectivity index (χ1n) is 4.96. The average Bonchev–Trinajstić information content (AvgIpc) is 2.24. The molecule has 5 heteroatoms. The molecule has 1 aromatic carbocycles. The number of rotatable bonds is 2. The highest BCUT2D eigenvalue weighted by molar-refractivity contribution is 9.10. The number of benzene rings is 1. The lowest BCUT2D eigenvalue weighted by Crippen LogP contribution is -2.48. The zero-order chi connectivity index (χ0) is 12.7. The van der Waals surface area contributed by atoms with Gasteiger partial charge in [-0.15, -0.1) is 0 Å². The number of carbonyl (C=O) groups excluding carboxylic acids is 1. The number of alkyl halides is 2. The molecule has 0 heterocycles. The zero-order valence-corrected chi connectivity index (χ0v) is 10.3. The summed E-state index contributed by atoms with van der Waals surface area (Å²) >= 11 is 3.20. The molecule has 0 unspecified atom stereocenters. The Bertz CT molecular complexity index is 514. The average molecular weight is 300 g/mol. The molecular weight excluding hydrogens is 292 g/mol. The van der Waals surface area contributed by atoms with Crippen LogP contribution in [0.5, 0.6) is 0 Å². The van der Waals surface area contributed by atoms with Gasteiger partial charge in [0.05, 0.1) is 11.5 Å². The normalized spacial score (nSPS) is 20.1. The van der Waals surface area contributed by atoms with Gasteiger partial charge in [0.25, 0.3) is 5.92 Å². The van der Waals surface area contributed by atoms with E-state index < -0.39 is 24.2 Å². The van der Waals surface area contributed by atoms with Crippen LogP contribution in [0.15, 0.2) is 22.7 Å². The Morgan fingerprint density at radius 2 is 2.00 bits per heavy atom. The molecule has 0 aromatic heterocycles. The van der Waals surface area contributed by atoms with Gasteiger partial charge in [0.2, 0.25) is 0 Å². The van der Waals surface area contributed by atoms with Crippen LogP contribution < -0.4 is 0 Å². The highest BCUT2D eigenvalue weighted by Crippen LogP contribution is 2.53. The Kier molecular flexibility index (Phi) is 2.78. The molecule has 1 aliphatic rings. The van der Waals surface area contributed by atoms with Crippen LogP contribution in [0.2, 0.25) is 0 Å². The van der Waals surface area contributed by atoms with Crippen LogP contribution in [-0.2, 0) is 5.41 Å². The van der Waals surface area contributed by atoms with E-state index in [1.807, 2.05) is 6.07 Å². The maximum atomic E-state index is 13.0. The predicted octanol–water partition coefficient (Wildman–Crippen LogP) is 3.45. The largest absolute Gasteiger partial charge is 0.298 e. The number of hydrogen-bond donors (Lipinski definition) is 0. The van der Waals surface area contributed by atoms with E-state index in [-0.39, 0.29) is 0 Å². The Morgan fingerprint density at radius 3 is 2.47 bits per heavy atom. The van der Waals surface area contributed by atoms with Crippen LogP contribution in [0.1, 0.15) is 28.8 Å². The van der Waals surface area contributed by atoms with E-state index in [9.17, 15) is 13.6 Å². The van der Waals surface area contributed by atoms with Gasteiger partial charge in [-0.05, 0) is 23.8 Å². The first-order valence-corrected chi connectivity index (χ1v) is 5.75. The third kappa shape index (κ3) is 2.09. The topological polar surface area (TPSA) is 40.9 Å². The Morgan fingerprint density at radius 1 is 1.35 bits per heavy atom. The number of aldehydes is 1. The van der Waals surface area contributed by atoms with Gasteiger partial charge >= 0.3 is 0 Å². The molecule has 2 rings (SSSR count). The van der Waals surface area contributed by atoms with Gasteiger partial charge in [0, 0.05) is 22.9 Å². The molecule has 0 spiro atoms. The van der Waals surface area contributed by atoms with Crippen molar-refractivity contribution < 1.29 is 13.6 Å². The molecule has 0 bridgehead atoms. The number of nitriles is 1. The minimum Gasteiger partial charge on any atom is -0.298 e. The molecule has 0 amide bonds. The second-order valence-electron chi connectivity index (χ2n) is 4.29. The van der Waals surface area contributed by atoms with E-state index in [4.69, 9.17) is 5.26 Å². The highest BCUT2D eigenvalue weighted by Gasteiger charge is 2.58. The molecule has 1 aliphatic carbocycles. The summed E-state index contributed by atoms with van der Waals surface area (Å²) < 4.78 is 26.5. The lowest BCUT2D eigenvalue weighted by atomic mass is 9.63. The van der Waals surface area contributed by atoms with Crippen molar-refractivity contribution in [1.82, 2.24) is 0 Å². The minimum atomic E-state index is -2.78. The first-order chi connectivity index (χ1) is 7.91. The molecule has 0 N–H and O–H groups in total. The van der Waals surface area contributed by atoms with E-state index in [0.29, 0.717) is 21.9 Å². The second kappa shape index (κ2) is 3.88. The molecule has 2 nitrogen and oxygen atoms in total. The van der Waals surface area contributed by atoms with Crippen molar-refractivity contribution in [3.8, 4) is 6.07 Å². The maximum absolute atomic E-state index is 13.0. The highest BCUT2D eigenvalue weighted by atomic mass is 79.9. The van der Waals surface area contributed by atoms with Crippen molar-refractivity contribution >= 4 is 22.2 Å². The molecule has 0 saturated heterocycles. The van der Waals surface area contributed by atoms with E-state index in [1.165, 1.54) is 6.07 Å². The third-order valence-corrected chi connectivity index (χ3v) is 3.40. The van der Waals surface area contributed by atoms with E-state index in [0.717, 1.165) is 0 Å². The summed E-state index contributed by atoms with van der Waals surface area (Å²) in [6, 6.07) is 6.64. The van der Waals surface area contributed by atoms with Crippen molar-refractivity contribution in [2.24, 2.45) is 0 Å². The predicted molar refractivity (Wildman–Crippen MR) is 61.0 cm³/mol. The molecule has 17 heavy (non-hydrogen) atoms. The van der Waals surface area contributed by atoms with Crippen LogP contribution in [-0.4, -0.2) is 12.2 Å². The van der Waals surface area contributed by atoms with E-state index >= 15 is 0 Å². The van der Waals surface area contributed by atoms with Crippen molar-refractivity contribution in [3.05, 3.63) is 33.8 Å². The van der Waals surface area contributed by atoms with Gasteiger partial charge in [0.1, 0.15) is 6.29 Å². The Labute approximate surface area is 105 Å². The third-order valence-electron chi connectivity index (χ3n) is 2.94. The first kappa shape index (κ1) is 12.2. The lowest BCUT2D eigenvalue weighted by molar-refractivity contribution is -0.109. The summed E-state index contributed by atoms with van der Waals surface area (Å²) in [7, 11) is 0. The monoisotopic (exact) mass is 299 g/mol. The number of halogens is 3. The molecule has 1 aromatic rings. The molecule has 0 aliphatic heterocycles. The smallest absolute Gasteiger partial charge is 0.251 e. The summed E-state index contributed by atoms with van der Waals surface area (Å²) in [5, 5.41) is 9.09. The fourth-order valence-electron chi connectivity index (χ4n) is 2.14. The lowest BCUT2D eigenvalue weighted by Gasteiger charge is -2.42. The molecule has 1 saturated carbocycles. The summed E-state index contributed by atoms with van der Waals surface area (Å²) in [6.07, 6.45) is -0.327. The van der Waals surface area contributed by atoms with Gasteiger partial charge in [-0.1, -0.05) is 15.9 Å². The zero-order valence-electron chi connectivity index (χ0n) is 8.71. The number of nitrogens with zero attached hydrogens (tertiary/aromatic N) is 1. The van der Waals surface area contributed by atoms with Crippen LogP contribution in [0.3, 0.4) is 0 Å². The standard InChI is InChI=1S/C12H8BrF2NO/c13-10-2-8(4-17)1-9(3-10)11(7-16)5-12(14,15)6-11/h1-4H,5-6H2. The SMILES string of the molecule is N#CC1(c2cc(Br)cc(C=O)c2)CC(F)(F)C1. The van der Waals surface area contributed by atoms with Crippen LogP contribution in [0.25, 0.3) is 0 Å². The number of hydrogen-bond acceptors (Lipinski definition) is 2. The molecular formula is C12H8BrF2NO. The summed E-state index contributed by atoms with van der Waals surface area (Å²) in [6.45, 7) is 0. The van der Waals surface area contributed by atoms with Crippen molar-refractivity contribution in [2.45, 2.75) is 24.2 Å². The van der Waals surface area contributed by atoms with Crippen molar-refractivity contribution in [2.75, 3.05) is 0 Å². The van der Waals surface area contributed by atoms with Crippen LogP contribution in [0, 0.1) is 11.3 Å². The maximum Gasteiger partial charge on any atom is 0.251 e. The van der Waals surface area contributed by atoms with Crippen LogP contribution in [0.4, 0.5) is 8.78 Å². The minimum absolute atomic E-state index is 0.374. The summed E-state index contributed by atoms with van der Waals surface area (Å²) in [5.41, 5.74) is -0.313. The van der Waals surface area contributed by atoms with Crippen molar-refractivity contribution in [3.63, 3.8) is 0 Å². The fourth-order valence-corrected chi connectivity index (χ4v) is 2.65. The van der Waals surface area contributed by atoms with Crippen molar-refractivity contribution in [1.29, 1.82) is 5.26 Å². The Balaban J connectivity index is 2.44. The Hall–Kier alpha value is -1.28. The molecule has 0 radical (unpaired) electrons. The second-order valence-corrected chi connectivity index (χ2v) is 5.21. The number of carbonyl (C=O) groups is 1. The van der Waals surface area contributed by atoms with Crippen LogP contribution >= 0.6 is 15.9 Å². The van der Waals surface area contributed by atoms with E-state index in [1.54, 1.807) is 12.1 Å². The van der Waals surface area contributed by atoms with Gasteiger partial charge in [-0.25, -0.2) is 8.78 Å². The van der Waals surface area contributed by atoms with Gasteiger partial charge < -0.3 is 0 Å². The van der Waals surface area contributed by atoms with Gasteiger partial charge in [-0.2, -0.15) is 5.26 Å².